The molecule has 0 saturated heterocycles. The summed E-state index contributed by atoms with van der Waals surface area (Å²) in [5, 5.41) is 4.24. The summed E-state index contributed by atoms with van der Waals surface area (Å²) in [6, 6.07) is 11.4. The quantitative estimate of drug-likeness (QED) is 0.559. The molecule has 0 bridgehead atoms. The van der Waals surface area contributed by atoms with Gasteiger partial charge in [0.2, 0.25) is 0 Å². The Morgan fingerprint density at radius 1 is 0.880 bits per heavy atom. The molecule has 0 aliphatic heterocycles. The molecule has 6 heteroatoms. The van der Waals surface area contributed by atoms with Crippen molar-refractivity contribution in [3.8, 4) is 23.0 Å². The summed E-state index contributed by atoms with van der Waals surface area (Å²) in [4.78, 5) is 0. The van der Waals surface area contributed by atoms with Gasteiger partial charge in [0.1, 0.15) is 0 Å². The van der Waals surface area contributed by atoms with E-state index >= 15 is 0 Å². The molecule has 0 unspecified atom stereocenters. The van der Waals surface area contributed by atoms with Crippen molar-refractivity contribution in [1.29, 1.82) is 0 Å². The van der Waals surface area contributed by atoms with Crippen LogP contribution in [-0.4, -0.2) is 34.2 Å². The lowest BCUT2D eigenvalue weighted by molar-refractivity contribution is 0.311. The molecule has 2 rings (SSSR count). The SMILES string of the molecule is CCOc1ccc(/C=N/NCc2ccc(OC)c(OC)c2)cc1OC. The fraction of sp³-hybridized carbons (Fsp3) is 0.316. The molecule has 0 radical (unpaired) electrons. The molecule has 25 heavy (non-hydrogen) atoms. The van der Waals surface area contributed by atoms with E-state index in [1.807, 2.05) is 43.3 Å². The van der Waals surface area contributed by atoms with Crippen LogP contribution in [0, 0.1) is 0 Å². The topological polar surface area (TPSA) is 61.3 Å². The summed E-state index contributed by atoms with van der Waals surface area (Å²) < 4.78 is 21.3. The van der Waals surface area contributed by atoms with Crippen LogP contribution < -0.4 is 24.4 Å². The van der Waals surface area contributed by atoms with E-state index < -0.39 is 0 Å². The monoisotopic (exact) mass is 344 g/mol. The summed E-state index contributed by atoms with van der Waals surface area (Å²) in [5.74, 6) is 2.81. The van der Waals surface area contributed by atoms with Crippen LogP contribution in [0.4, 0.5) is 0 Å². The zero-order valence-corrected chi connectivity index (χ0v) is 15.0. The van der Waals surface area contributed by atoms with Crippen LogP contribution in [0.3, 0.4) is 0 Å². The molecule has 0 heterocycles. The second kappa shape index (κ2) is 9.42. The van der Waals surface area contributed by atoms with Crippen LogP contribution >= 0.6 is 0 Å². The highest BCUT2D eigenvalue weighted by atomic mass is 16.5. The molecule has 2 aromatic carbocycles. The number of hydrogen-bond donors (Lipinski definition) is 1. The Labute approximate surface area is 148 Å². The van der Waals surface area contributed by atoms with Gasteiger partial charge in [-0.1, -0.05) is 6.07 Å². The number of nitrogens with one attached hydrogen (secondary N) is 1. The van der Waals surface area contributed by atoms with Crippen molar-refractivity contribution in [3.63, 3.8) is 0 Å². The van der Waals surface area contributed by atoms with Crippen molar-refractivity contribution < 1.29 is 18.9 Å². The van der Waals surface area contributed by atoms with E-state index in [9.17, 15) is 0 Å². The highest BCUT2D eigenvalue weighted by molar-refractivity contribution is 5.80. The van der Waals surface area contributed by atoms with Crippen molar-refractivity contribution >= 4 is 6.21 Å². The maximum absolute atomic E-state index is 5.50. The third-order valence-corrected chi connectivity index (χ3v) is 3.52. The maximum atomic E-state index is 5.50. The van der Waals surface area contributed by atoms with Crippen molar-refractivity contribution in [3.05, 3.63) is 47.5 Å². The summed E-state index contributed by atoms with van der Waals surface area (Å²) in [5.41, 5.74) is 4.97. The second-order valence-electron chi connectivity index (χ2n) is 5.13. The molecular formula is C19H24N2O4. The van der Waals surface area contributed by atoms with Crippen molar-refractivity contribution in [2.75, 3.05) is 27.9 Å². The Bertz CT molecular complexity index is 717. The minimum absolute atomic E-state index is 0.574. The minimum Gasteiger partial charge on any atom is -0.493 e. The zero-order valence-electron chi connectivity index (χ0n) is 15.0. The smallest absolute Gasteiger partial charge is 0.161 e. The first-order chi connectivity index (χ1) is 12.2. The van der Waals surface area contributed by atoms with E-state index in [4.69, 9.17) is 18.9 Å². The number of ether oxygens (including phenoxy) is 4. The van der Waals surface area contributed by atoms with Gasteiger partial charge in [0, 0.05) is 0 Å². The van der Waals surface area contributed by atoms with Gasteiger partial charge in [-0.25, -0.2) is 0 Å². The molecule has 0 spiro atoms. The number of methoxy groups -OCH3 is 3. The van der Waals surface area contributed by atoms with E-state index in [0.717, 1.165) is 16.9 Å². The lowest BCUT2D eigenvalue weighted by Crippen LogP contribution is -2.06. The van der Waals surface area contributed by atoms with Crippen molar-refractivity contribution in [1.82, 2.24) is 5.43 Å². The molecule has 0 atom stereocenters. The minimum atomic E-state index is 0.574. The van der Waals surface area contributed by atoms with E-state index in [1.165, 1.54) is 0 Å². The Kier molecular flexibility index (Phi) is 6.95. The van der Waals surface area contributed by atoms with E-state index in [2.05, 4.69) is 10.5 Å². The first-order valence-electron chi connectivity index (χ1n) is 7.99. The fourth-order valence-corrected chi connectivity index (χ4v) is 2.29. The third kappa shape index (κ3) is 5.04. The number of benzene rings is 2. The van der Waals surface area contributed by atoms with Gasteiger partial charge in [-0.3, -0.25) is 0 Å². The van der Waals surface area contributed by atoms with E-state index in [1.54, 1.807) is 27.5 Å². The van der Waals surface area contributed by atoms with Crippen LogP contribution in [0.15, 0.2) is 41.5 Å². The fourth-order valence-electron chi connectivity index (χ4n) is 2.29. The van der Waals surface area contributed by atoms with Gasteiger partial charge in [0.05, 0.1) is 40.7 Å². The molecule has 0 amide bonds. The molecule has 1 N–H and O–H groups in total. The lowest BCUT2D eigenvalue weighted by atomic mass is 10.2. The second-order valence-corrected chi connectivity index (χ2v) is 5.13. The molecule has 0 aliphatic rings. The van der Waals surface area contributed by atoms with E-state index in [0.29, 0.717) is 30.4 Å². The highest BCUT2D eigenvalue weighted by Gasteiger charge is 2.05. The zero-order chi connectivity index (χ0) is 18.1. The van der Waals surface area contributed by atoms with Gasteiger partial charge in [0.25, 0.3) is 0 Å². The maximum Gasteiger partial charge on any atom is 0.161 e. The molecule has 0 aromatic heterocycles. The first-order valence-corrected chi connectivity index (χ1v) is 7.99. The molecule has 0 saturated carbocycles. The summed E-state index contributed by atoms with van der Waals surface area (Å²) in [6.07, 6.45) is 1.74. The summed E-state index contributed by atoms with van der Waals surface area (Å²) in [6.45, 7) is 3.11. The van der Waals surface area contributed by atoms with Crippen molar-refractivity contribution in [2.45, 2.75) is 13.5 Å². The highest BCUT2D eigenvalue weighted by Crippen LogP contribution is 2.28. The standard InChI is InChI=1S/C19H24N2O4/c1-5-25-17-9-7-15(11-19(17)24-4)13-21-20-12-14-6-8-16(22-2)18(10-14)23-3/h6-11,13,20H,5,12H2,1-4H3/b21-13+. The van der Waals surface area contributed by atoms with Gasteiger partial charge >= 0.3 is 0 Å². The Morgan fingerprint density at radius 2 is 1.56 bits per heavy atom. The predicted octanol–water partition coefficient (Wildman–Crippen LogP) is 3.23. The van der Waals surface area contributed by atoms with Gasteiger partial charge in [-0.15, -0.1) is 0 Å². The van der Waals surface area contributed by atoms with Crippen molar-refractivity contribution in [2.24, 2.45) is 5.10 Å². The Hall–Kier alpha value is -2.89. The number of rotatable bonds is 9. The van der Waals surface area contributed by atoms with Gasteiger partial charge in [-0.2, -0.15) is 5.10 Å². The third-order valence-electron chi connectivity index (χ3n) is 3.52. The van der Waals surface area contributed by atoms with E-state index in [-0.39, 0.29) is 0 Å². The summed E-state index contributed by atoms with van der Waals surface area (Å²) in [7, 11) is 4.85. The lowest BCUT2D eigenvalue weighted by Gasteiger charge is -2.10. The molecular weight excluding hydrogens is 320 g/mol. The van der Waals surface area contributed by atoms with Gasteiger partial charge in [0.15, 0.2) is 23.0 Å². The van der Waals surface area contributed by atoms with Crippen LogP contribution in [0.1, 0.15) is 18.1 Å². The molecule has 0 aliphatic carbocycles. The van der Waals surface area contributed by atoms with Crippen LogP contribution in [-0.2, 0) is 6.54 Å². The molecule has 2 aromatic rings. The number of hydrogen-bond acceptors (Lipinski definition) is 6. The molecule has 0 fully saturated rings. The summed E-state index contributed by atoms with van der Waals surface area (Å²) >= 11 is 0. The largest absolute Gasteiger partial charge is 0.493 e. The van der Waals surface area contributed by atoms with Crippen LogP contribution in [0.5, 0.6) is 23.0 Å². The first kappa shape index (κ1) is 18.4. The normalized spacial score (nSPS) is 10.6. The molecule has 134 valence electrons. The number of nitrogens with zero attached hydrogens (tertiary/aromatic N) is 1. The average Bonchev–Trinajstić information content (AvgIpc) is 2.66. The Morgan fingerprint density at radius 3 is 2.24 bits per heavy atom. The number of hydrazone groups is 1. The Balaban J connectivity index is 1.97. The van der Waals surface area contributed by atoms with Crippen LogP contribution in [0.2, 0.25) is 0 Å². The van der Waals surface area contributed by atoms with Crippen LogP contribution in [0.25, 0.3) is 0 Å². The average molecular weight is 344 g/mol. The van der Waals surface area contributed by atoms with Gasteiger partial charge < -0.3 is 24.4 Å². The predicted molar refractivity (Wildman–Crippen MR) is 98.1 cm³/mol. The van der Waals surface area contributed by atoms with Gasteiger partial charge in [-0.05, 0) is 48.4 Å². The molecule has 6 nitrogen and oxygen atoms in total.